The van der Waals surface area contributed by atoms with Crippen molar-refractivity contribution >= 4 is 17.4 Å². The zero-order valence-corrected chi connectivity index (χ0v) is 11.0. The molecule has 0 amide bonds. The van der Waals surface area contributed by atoms with Crippen LogP contribution in [-0.4, -0.2) is 17.6 Å². The number of ether oxygens (including phenoxy) is 1. The highest BCUT2D eigenvalue weighted by Gasteiger charge is 2.14. The summed E-state index contributed by atoms with van der Waals surface area (Å²) in [7, 11) is 0. The summed E-state index contributed by atoms with van der Waals surface area (Å²) in [5, 5.41) is 0.919. The predicted molar refractivity (Wildman–Crippen MR) is 75.7 cm³/mol. The molecular weight excluding hydrogens is 230 g/mol. The number of benzene rings is 1. The monoisotopic (exact) mass is 251 g/mol. The lowest BCUT2D eigenvalue weighted by Gasteiger charge is -2.09. The van der Waals surface area contributed by atoms with Gasteiger partial charge in [-0.2, -0.15) is 11.8 Å². The average molecular weight is 251 g/mol. The van der Waals surface area contributed by atoms with Crippen LogP contribution in [0.1, 0.15) is 32.1 Å². The maximum atomic E-state index is 5.69. The lowest BCUT2D eigenvalue weighted by atomic mass is 10.3. The second-order valence-corrected chi connectivity index (χ2v) is 5.96. The number of thioether (sulfide) groups is 1. The highest BCUT2D eigenvalue weighted by Crippen LogP contribution is 2.29. The molecule has 1 fully saturated rings. The minimum absolute atomic E-state index is 0.767. The molecule has 2 rings (SSSR count). The molecule has 0 saturated heterocycles. The molecule has 2 nitrogen and oxygen atoms in total. The van der Waals surface area contributed by atoms with Crippen LogP contribution in [0.2, 0.25) is 0 Å². The van der Waals surface area contributed by atoms with Crippen LogP contribution in [0.15, 0.2) is 24.3 Å². The van der Waals surface area contributed by atoms with E-state index in [0.717, 1.165) is 29.7 Å². The quantitative estimate of drug-likeness (QED) is 0.618. The van der Waals surface area contributed by atoms with Gasteiger partial charge in [0.2, 0.25) is 0 Å². The molecule has 0 aromatic heterocycles. The SMILES string of the molecule is Nc1cccc(OCCCSC2CCCC2)c1. The Kier molecular flexibility index (Phi) is 5.05. The third-order valence-electron chi connectivity index (χ3n) is 3.07. The van der Waals surface area contributed by atoms with Crippen LogP contribution in [0.25, 0.3) is 0 Å². The number of anilines is 1. The molecule has 17 heavy (non-hydrogen) atoms. The van der Waals surface area contributed by atoms with Gasteiger partial charge in [0.05, 0.1) is 6.61 Å². The Hall–Kier alpha value is -0.830. The Bertz CT molecular complexity index is 337. The third-order valence-corrected chi connectivity index (χ3v) is 4.54. The van der Waals surface area contributed by atoms with Gasteiger partial charge in [0.25, 0.3) is 0 Å². The Morgan fingerprint density at radius 1 is 1.29 bits per heavy atom. The van der Waals surface area contributed by atoms with Crippen LogP contribution < -0.4 is 10.5 Å². The van der Waals surface area contributed by atoms with Crippen LogP contribution in [0.4, 0.5) is 5.69 Å². The van der Waals surface area contributed by atoms with Crippen molar-refractivity contribution in [2.75, 3.05) is 18.1 Å². The van der Waals surface area contributed by atoms with Gasteiger partial charge in [-0.15, -0.1) is 0 Å². The van der Waals surface area contributed by atoms with Crippen molar-refractivity contribution < 1.29 is 4.74 Å². The zero-order valence-electron chi connectivity index (χ0n) is 10.2. The van der Waals surface area contributed by atoms with Crippen molar-refractivity contribution in [2.24, 2.45) is 0 Å². The minimum atomic E-state index is 0.767. The van der Waals surface area contributed by atoms with Gasteiger partial charge in [0.15, 0.2) is 0 Å². The van der Waals surface area contributed by atoms with Gasteiger partial charge in [0.1, 0.15) is 5.75 Å². The number of rotatable bonds is 6. The van der Waals surface area contributed by atoms with Crippen molar-refractivity contribution in [3.63, 3.8) is 0 Å². The van der Waals surface area contributed by atoms with Crippen LogP contribution in [0.3, 0.4) is 0 Å². The van der Waals surface area contributed by atoms with E-state index < -0.39 is 0 Å². The van der Waals surface area contributed by atoms with E-state index >= 15 is 0 Å². The number of nitrogens with two attached hydrogens (primary N) is 1. The van der Waals surface area contributed by atoms with Gasteiger partial charge in [-0.25, -0.2) is 0 Å². The normalized spacial score (nSPS) is 16.2. The number of nitrogen functional groups attached to an aromatic ring is 1. The molecule has 1 saturated carbocycles. The van der Waals surface area contributed by atoms with Crippen LogP contribution in [0, 0.1) is 0 Å². The summed E-state index contributed by atoms with van der Waals surface area (Å²) in [6, 6.07) is 7.64. The molecule has 0 spiro atoms. The fraction of sp³-hybridized carbons (Fsp3) is 0.571. The molecule has 3 heteroatoms. The molecule has 0 atom stereocenters. The van der Waals surface area contributed by atoms with Crippen molar-refractivity contribution in [3.8, 4) is 5.75 Å². The second kappa shape index (κ2) is 6.80. The summed E-state index contributed by atoms with van der Waals surface area (Å²) in [6.45, 7) is 0.795. The maximum absolute atomic E-state index is 5.69. The smallest absolute Gasteiger partial charge is 0.121 e. The number of hydrogen-bond donors (Lipinski definition) is 1. The van der Waals surface area contributed by atoms with E-state index in [2.05, 4.69) is 11.8 Å². The maximum Gasteiger partial charge on any atom is 0.121 e. The van der Waals surface area contributed by atoms with Crippen molar-refractivity contribution in [1.29, 1.82) is 0 Å². The van der Waals surface area contributed by atoms with E-state index in [4.69, 9.17) is 10.5 Å². The highest BCUT2D eigenvalue weighted by molar-refractivity contribution is 7.99. The van der Waals surface area contributed by atoms with Gasteiger partial charge in [0, 0.05) is 17.0 Å². The fourth-order valence-electron chi connectivity index (χ4n) is 2.16. The molecular formula is C14H21NOS. The summed E-state index contributed by atoms with van der Waals surface area (Å²) < 4.78 is 5.66. The van der Waals surface area contributed by atoms with Crippen molar-refractivity contribution in [2.45, 2.75) is 37.4 Å². The average Bonchev–Trinajstić information content (AvgIpc) is 2.82. The predicted octanol–water partition coefficient (Wildman–Crippen LogP) is 3.71. The molecule has 94 valence electrons. The van der Waals surface area contributed by atoms with Gasteiger partial charge >= 0.3 is 0 Å². The standard InChI is InChI=1S/C14H21NOS/c15-12-5-3-6-13(11-12)16-9-4-10-17-14-7-1-2-8-14/h3,5-6,11,14H,1-2,4,7-10,15H2. The third kappa shape index (κ3) is 4.50. The topological polar surface area (TPSA) is 35.2 Å². The van der Waals surface area contributed by atoms with Gasteiger partial charge < -0.3 is 10.5 Å². The molecule has 0 aliphatic heterocycles. The van der Waals surface area contributed by atoms with Crippen LogP contribution in [0.5, 0.6) is 5.75 Å². The first-order valence-corrected chi connectivity index (χ1v) is 7.49. The number of hydrogen-bond acceptors (Lipinski definition) is 3. The molecule has 1 aromatic rings. The van der Waals surface area contributed by atoms with Gasteiger partial charge in [-0.05, 0) is 37.1 Å². The minimum Gasteiger partial charge on any atom is -0.493 e. The zero-order chi connectivity index (χ0) is 11.9. The van der Waals surface area contributed by atoms with E-state index in [0.29, 0.717) is 0 Å². The van der Waals surface area contributed by atoms with E-state index in [1.807, 2.05) is 24.3 Å². The van der Waals surface area contributed by atoms with Crippen molar-refractivity contribution in [1.82, 2.24) is 0 Å². The molecule has 0 bridgehead atoms. The second-order valence-electron chi connectivity index (χ2n) is 4.55. The molecule has 0 radical (unpaired) electrons. The van der Waals surface area contributed by atoms with E-state index in [1.165, 1.54) is 31.4 Å². The lowest BCUT2D eigenvalue weighted by Crippen LogP contribution is -2.02. The lowest BCUT2D eigenvalue weighted by molar-refractivity contribution is 0.319. The summed E-state index contributed by atoms with van der Waals surface area (Å²) in [4.78, 5) is 0. The van der Waals surface area contributed by atoms with Gasteiger partial charge in [-0.3, -0.25) is 0 Å². The Morgan fingerprint density at radius 2 is 2.12 bits per heavy atom. The Balaban J connectivity index is 1.56. The first-order chi connectivity index (χ1) is 8.34. The molecule has 2 N–H and O–H groups in total. The summed E-state index contributed by atoms with van der Waals surface area (Å²) in [5.74, 6) is 2.10. The molecule has 0 unspecified atom stereocenters. The molecule has 1 aliphatic rings. The van der Waals surface area contributed by atoms with Gasteiger partial charge in [-0.1, -0.05) is 18.9 Å². The van der Waals surface area contributed by atoms with E-state index in [-0.39, 0.29) is 0 Å². The van der Waals surface area contributed by atoms with E-state index in [9.17, 15) is 0 Å². The summed E-state index contributed by atoms with van der Waals surface area (Å²) >= 11 is 2.12. The van der Waals surface area contributed by atoms with Crippen LogP contribution in [-0.2, 0) is 0 Å². The highest BCUT2D eigenvalue weighted by atomic mass is 32.2. The largest absolute Gasteiger partial charge is 0.493 e. The van der Waals surface area contributed by atoms with E-state index in [1.54, 1.807) is 0 Å². The first-order valence-electron chi connectivity index (χ1n) is 6.44. The molecule has 1 aromatic carbocycles. The Morgan fingerprint density at radius 3 is 2.88 bits per heavy atom. The fourth-order valence-corrected chi connectivity index (χ4v) is 3.44. The molecule has 0 heterocycles. The summed E-state index contributed by atoms with van der Waals surface area (Å²) in [5.41, 5.74) is 6.45. The Labute approximate surface area is 108 Å². The first kappa shape index (κ1) is 12.6. The summed E-state index contributed by atoms with van der Waals surface area (Å²) in [6.07, 6.45) is 6.81. The van der Waals surface area contributed by atoms with Crippen molar-refractivity contribution in [3.05, 3.63) is 24.3 Å². The van der Waals surface area contributed by atoms with Crippen LogP contribution >= 0.6 is 11.8 Å². The molecule has 1 aliphatic carbocycles.